The number of piperidine rings is 1. The maximum Gasteiger partial charge on any atom is 0.417 e. The van der Waals surface area contributed by atoms with E-state index in [4.69, 9.17) is 4.74 Å². The lowest BCUT2D eigenvalue weighted by Crippen LogP contribution is -2.44. The zero-order valence-electron chi connectivity index (χ0n) is 17.6. The van der Waals surface area contributed by atoms with E-state index >= 15 is 0 Å². The maximum absolute atomic E-state index is 12.8. The quantitative estimate of drug-likeness (QED) is 0.544. The molecule has 1 amide bonds. The molecule has 180 valence electrons. The summed E-state index contributed by atoms with van der Waals surface area (Å²) in [5.41, 5.74) is -3.32. The SMILES string of the molecule is COc1ccc(S(=O)(=O)N2CCCCC2)cc1NC(=O)COC(=O)C[C@](C)(O)C(F)(F)F. The summed E-state index contributed by atoms with van der Waals surface area (Å²) in [5.74, 6) is -2.24. The molecule has 1 aromatic rings. The van der Waals surface area contributed by atoms with E-state index in [1.54, 1.807) is 0 Å². The van der Waals surface area contributed by atoms with Gasteiger partial charge in [0.2, 0.25) is 10.0 Å². The molecule has 1 aliphatic heterocycles. The van der Waals surface area contributed by atoms with Gasteiger partial charge in [0.15, 0.2) is 12.2 Å². The van der Waals surface area contributed by atoms with Crippen LogP contribution in [0.15, 0.2) is 23.1 Å². The van der Waals surface area contributed by atoms with Gasteiger partial charge in [-0.3, -0.25) is 9.59 Å². The Kier molecular flexibility index (Phi) is 8.12. The Hall–Kier alpha value is -2.38. The van der Waals surface area contributed by atoms with Crippen molar-refractivity contribution >= 4 is 27.6 Å². The molecule has 1 aliphatic rings. The summed E-state index contributed by atoms with van der Waals surface area (Å²) in [4.78, 5) is 23.6. The monoisotopic (exact) mass is 482 g/mol. The number of benzene rings is 1. The molecule has 0 radical (unpaired) electrons. The number of alkyl halides is 3. The predicted molar refractivity (Wildman–Crippen MR) is 106 cm³/mol. The number of nitrogens with zero attached hydrogens (tertiary/aromatic N) is 1. The number of sulfonamides is 1. The first kappa shape index (κ1) is 25.9. The van der Waals surface area contributed by atoms with Crippen LogP contribution in [-0.4, -0.2) is 68.3 Å². The molecule has 9 nitrogen and oxygen atoms in total. The second kappa shape index (κ2) is 10.0. The minimum atomic E-state index is -5.05. The Morgan fingerprint density at radius 2 is 1.81 bits per heavy atom. The number of methoxy groups -OCH3 is 1. The van der Waals surface area contributed by atoms with Crippen LogP contribution in [0.25, 0.3) is 0 Å². The van der Waals surface area contributed by atoms with Gasteiger partial charge in [0.25, 0.3) is 5.91 Å². The van der Waals surface area contributed by atoms with Crippen molar-refractivity contribution in [1.29, 1.82) is 0 Å². The Morgan fingerprint density at radius 1 is 1.19 bits per heavy atom. The molecule has 1 saturated heterocycles. The molecule has 32 heavy (non-hydrogen) atoms. The van der Waals surface area contributed by atoms with Crippen molar-refractivity contribution < 1.29 is 45.8 Å². The smallest absolute Gasteiger partial charge is 0.417 e. The van der Waals surface area contributed by atoms with E-state index in [0.717, 1.165) is 19.3 Å². The molecule has 0 aliphatic carbocycles. The molecule has 2 N–H and O–H groups in total. The molecular weight excluding hydrogens is 457 g/mol. The van der Waals surface area contributed by atoms with E-state index in [0.29, 0.717) is 20.0 Å². The van der Waals surface area contributed by atoms with Crippen molar-refractivity contribution in [2.75, 3.05) is 32.1 Å². The van der Waals surface area contributed by atoms with Gasteiger partial charge in [0, 0.05) is 13.1 Å². The first-order chi connectivity index (χ1) is 14.8. The van der Waals surface area contributed by atoms with Crippen LogP contribution in [0.1, 0.15) is 32.6 Å². The lowest BCUT2D eigenvalue weighted by atomic mass is 10.0. The predicted octanol–water partition coefficient (Wildman–Crippen LogP) is 2.05. The van der Waals surface area contributed by atoms with Crippen molar-refractivity contribution in [2.24, 2.45) is 0 Å². The average molecular weight is 482 g/mol. The fourth-order valence-electron chi connectivity index (χ4n) is 2.96. The number of hydrogen-bond donors (Lipinski definition) is 2. The number of anilines is 1. The third kappa shape index (κ3) is 6.33. The third-order valence-electron chi connectivity index (χ3n) is 4.86. The first-order valence-corrected chi connectivity index (χ1v) is 11.1. The highest BCUT2D eigenvalue weighted by molar-refractivity contribution is 7.89. The molecule has 2 rings (SSSR count). The van der Waals surface area contributed by atoms with Gasteiger partial charge < -0.3 is 19.9 Å². The molecule has 0 saturated carbocycles. The molecule has 0 aromatic heterocycles. The Morgan fingerprint density at radius 3 is 2.38 bits per heavy atom. The molecule has 0 bridgehead atoms. The van der Waals surface area contributed by atoms with E-state index in [-0.39, 0.29) is 16.3 Å². The van der Waals surface area contributed by atoms with Crippen molar-refractivity contribution in [3.8, 4) is 5.75 Å². The van der Waals surface area contributed by atoms with Crippen LogP contribution < -0.4 is 10.1 Å². The number of hydrogen-bond acceptors (Lipinski definition) is 7. The van der Waals surface area contributed by atoms with Gasteiger partial charge in [-0.15, -0.1) is 0 Å². The van der Waals surface area contributed by atoms with Crippen LogP contribution >= 0.6 is 0 Å². The van der Waals surface area contributed by atoms with Gasteiger partial charge in [-0.1, -0.05) is 6.42 Å². The van der Waals surface area contributed by atoms with Crippen LogP contribution in [0.5, 0.6) is 5.75 Å². The van der Waals surface area contributed by atoms with E-state index in [1.165, 1.54) is 29.6 Å². The van der Waals surface area contributed by atoms with E-state index in [1.807, 2.05) is 0 Å². The van der Waals surface area contributed by atoms with E-state index in [9.17, 15) is 36.3 Å². The van der Waals surface area contributed by atoms with Crippen LogP contribution in [-0.2, 0) is 24.3 Å². The summed E-state index contributed by atoms with van der Waals surface area (Å²) in [6.45, 7) is 0.230. The molecule has 13 heteroatoms. The second-order valence-electron chi connectivity index (χ2n) is 7.48. The molecule has 1 fully saturated rings. The third-order valence-corrected chi connectivity index (χ3v) is 6.76. The first-order valence-electron chi connectivity index (χ1n) is 9.71. The number of carbonyl (C=O) groups excluding carboxylic acids is 2. The maximum atomic E-state index is 12.8. The van der Waals surface area contributed by atoms with Crippen molar-refractivity contribution in [2.45, 2.75) is 49.3 Å². The van der Waals surface area contributed by atoms with Crippen molar-refractivity contribution in [3.05, 3.63) is 18.2 Å². The largest absolute Gasteiger partial charge is 0.495 e. The summed E-state index contributed by atoms with van der Waals surface area (Å²) in [5, 5.41) is 11.6. The van der Waals surface area contributed by atoms with Crippen molar-refractivity contribution in [1.82, 2.24) is 4.31 Å². The molecule has 0 unspecified atom stereocenters. The highest BCUT2D eigenvalue weighted by atomic mass is 32.2. The van der Waals surface area contributed by atoms with Gasteiger partial charge in [0.05, 0.1) is 24.1 Å². The number of carbonyl (C=O) groups is 2. The van der Waals surface area contributed by atoms with Crippen LogP contribution in [0.4, 0.5) is 18.9 Å². The number of esters is 1. The molecule has 1 aromatic carbocycles. The zero-order chi connectivity index (χ0) is 24.2. The topological polar surface area (TPSA) is 122 Å². The molecule has 1 heterocycles. The number of ether oxygens (including phenoxy) is 2. The van der Waals surface area contributed by atoms with Gasteiger partial charge in [-0.2, -0.15) is 17.5 Å². The minimum Gasteiger partial charge on any atom is -0.495 e. The summed E-state index contributed by atoms with van der Waals surface area (Å²) >= 11 is 0. The van der Waals surface area contributed by atoms with Crippen molar-refractivity contribution in [3.63, 3.8) is 0 Å². The van der Waals surface area contributed by atoms with Gasteiger partial charge >= 0.3 is 12.1 Å². The number of halogens is 3. The molecule has 1 atom stereocenters. The van der Waals surface area contributed by atoms with Gasteiger partial charge in [0.1, 0.15) is 5.75 Å². The normalized spacial score (nSPS) is 17.3. The van der Waals surface area contributed by atoms with E-state index < -0.39 is 46.7 Å². The highest BCUT2D eigenvalue weighted by Gasteiger charge is 2.51. The fourth-order valence-corrected chi connectivity index (χ4v) is 4.51. The average Bonchev–Trinajstić information content (AvgIpc) is 2.71. The zero-order valence-corrected chi connectivity index (χ0v) is 18.4. The number of aliphatic hydroxyl groups is 1. The van der Waals surface area contributed by atoms with Crippen LogP contribution in [0.3, 0.4) is 0 Å². The van der Waals surface area contributed by atoms with E-state index in [2.05, 4.69) is 10.1 Å². The Bertz CT molecular complexity index is 943. The number of rotatable bonds is 8. The summed E-state index contributed by atoms with van der Waals surface area (Å²) < 4.78 is 74.5. The highest BCUT2D eigenvalue weighted by Crippen LogP contribution is 2.33. The van der Waals surface area contributed by atoms with Gasteiger partial charge in [-0.05, 0) is 38.0 Å². The van der Waals surface area contributed by atoms with Crippen LogP contribution in [0, 0.1) is 0 Å². The Labute approximate surface area is 183 Å². The minimum absolute atomic E-state index is 0.0195. The number of amides is 1. The summed E-state index contributed by atoms with van der Waals surface area (Å²) in [6.07, 6.45) is -4.02. The Balaban J connectivity index is 2.07. The number of nitrogens with one attached hydrogen (secondary N) is 1. The van der Waals surface area contributed by atoms with Gasteiger partial charge in [-0.25, -0.2) is 8.42 Å². The van der Waals surface area contributed by atoms with Crippen LogP contribution in [0.2, 0.25) is 0 Å². The standard InChI is InChI=1S/C19H25F3N2O7S/c1-18(27,19(20,21)22)11-17(26)31-12-16(25)23-14-10-13(6-7-15(14)30-2)32(28,29)24-8-4-3-5-9-24/h6-7,10,27H,3-5,8-9,11-12H2,1-2H3,(H,23,25)/t18-/m0/s1. The summed E-state index contributed by atoms with van der Waals surface area (Å²) in [7, 11) is -2.50. The molecule has 0 spiro atoms. The lowest BCUT2D eigenvalue weighted by molar-refractivity contribution is -0.255. The fraction of sp³-hybridized carbons (Fsp3) is 0.579. The molecular formula is C19H25F3N2O7S. The lowest BCUT2D eigenvalue weighted by Gasteiger charge is -2.26. The second-order valence-corrected chi connectivity index (χ2v) is 9.42. The summed E-state index contributed by atoms with van der Waals surface area (Å²) in [6, 6.07) is 3.87.